The van der Waals surface area contributed by atoms with E-state index in [2.05, 4.69) is 20.4 Å². The fourth-order valence-electron chi connectivity index (χ4n) is 4.28. The number of aromatic nitrogens is 3. The van der Waals surface area contributed by atoms with Crippen LogP contribution in [0.25, 0.3) is 21.7 Å². The lowest BCUT2D eigenvalue weighted by molar-refractivity contribution is 0.191. The first-order chi connectivity index (χ1) is 15.7. The van der Waals surface area contributed by atoms with Crippen LogP contribution in [-0.4, -0.2) is 45.3 Å². The molecule has 0 unspecified atom stereocenters. The van der Waals surface area contributed by atoms with Crippen molar-refractivity contribution in [1.82, 2.24) is 24.9 Å². The largest absolute Gasteiger partial charge is 0.355 e. The summed E-state index contributed by atoms with van der Waals surface area (Å²) < 4.78 is 7.32. The maximum Gasteiger partial charge on any atom is 0.269 e. The zero-order chi connectivity index (χ0) is 21.9. The zero-order valence-corrected chi connectivity index (χ0v) is 19.0. The summed E-state index contributed by atoms with van der Waals surface area (Å²) in [6, 6.07) is 12.6. The van der Waals surface area contributed by atoms with E-state index in [1.165, 1.54) is 6.20 Å². The molecule has 0 radical (unpaired) electrons. The molecule has 0 aliphatic carbocycles. The molecule has 4 heterocycles. The molecule has 4 aromatic rings. The average Bonchev–Trinajstić information content (AvgIpc) is 3.50. The highest BCUT2D eigenvalue weighted by Gasteiger charge is 2.19. The van der Waals surface area contributed by atoms with Gasteiger partial charge in [0.05, 0.1) is 27.8 Å². The zero-order valence-electron chi connectivity index (χ0n) is 18.2. The van der Waals surface area contributed by atoms with E-state index in [1.54, 1.807) is 11.3 Å². The summed E-state index contributed by atoms with van der Waals surface area (Å²) in [7, 11) is 0. The van der Waals surface area contributed by atoms with Gasteiger partial charge in [-0.05, 0) is 62.0 Å². The van der Waals surface area contributed by atoms with Crippen LogP contribution in [0.4, 0.5) is 0 Å². The van der Waals surface area contributed by atoms with Gasteiger partial charge in [-0.1, -0.05) is 17.3 Å². The summed E-state index contributed by atoms with van der Waals surface area (Å²) in [5.74, 6) is 0.834. The van der Waals surface area contributed by atoms with E-state index in [9.17, 15) is 4.79 Å². The van der Waals surface area contributed by atoms with Gasteiger partial charge in [-0.15, -0.1) is 11.3 Å². The van der Waals surface area contributed by atoms with E-state index in [-0.39, 0.29) is 5.56 Å². The van der Waals surface area contributed by atoms with Crippen molar-refractivity contribution in [3.05, 3.63) is 69.6 Å². The highest BCUT2D eigenvalue weighted by Crippen LogP contribution is 2.25. The molecule has 166 valence electrons. The number of nitrogens with zero attached hydrogens (tertiary/aromatic N) is 4. The Bertz CT molecular complexity index is 1240. The summed E-state index contributed by atoms with van der Waals surface area (Å²) in [6.45, 7) is 6.36. The summed E-state index contributed by atoms with van der Waals surface area (Å²) in [4.78, 5) is 20.3. The van der Waals surface area contributed by atoms with Crippen LogP contribution in [0.15, 0.2) is 57.3 Å². The summed E-state index contributed by atoms with van der Waals surface area (Å²) >= 11 is 1.66. The van der Waals surface area contributed by atoms with Gasteiger partial charge < -0.3 is 19.3 Å². The lowest BCUT2D eigenvalue weighted by Gasteiger charge is -2.32. The quantitative estimate of drug-likeness (QED) is 0.464. The van der Waals surface area contributed by atoms with Crippen molar-refractivity contribution >= 4 is 22.4 Å². The molecule has 1 aromatic carbocycles. The molecule has 7 nitrogen and oxygen atoms in total. The first-order valence-corrected chi connectivity index (χ1v) is 11.9. The van der Waals surface area contributed by atoms with E-state index < -0.39 is 0 Å². The number of hydrogen-bond donors (Lipinski definition) is 1. The molecule has 1 aliphatic rings. The van der Waals surface area contributed by atoms with E-state index >= 15 is 0 Å². The average molecular weight is 450 g/mol. The van der Waals surface area contributed by atoms with Gasteiger partial charge >= 0.3 is 0 Å². The predicted molar refractivity (Wildman–Crippen MR) is 127 cm³/mol. The molecular weight excluding hydrogens is 422 g/mol. The van der Waals surface area contributed by atoms with E-state index in [1.807, 2.05) is 53.3 Å². The van der Waals surface area contributed by atoms with Crippen LogP contribution in [0.2, 0.25) is 0 Å². The number of fused-ring (bicyclic) bond motifs is 1. The van der Waals surface area contributed by atoms with Crippen molar-refractivity contribution in [2.24, 2.45) is 0 Å². The molecule has 1 N–H and O–H groups in total. The number of hydrogen-bond acceptors (Lipinski definition) is 7. The van der Waals surface area contributed by atoms with Crippen LogP contribution < -0.4 is 10.9 Å². The van der Waals surface area contributed by atoms with E-state index in [0.29, 0.717) is 12.6 Å². The second-order valence-electron chi connectivity index (χ2n) is 8.40. The maximum atomic E-state index is 12.4. The summed E-state index contributed by atoms with van der Waals surface area (Å²) in [5, 5.41) is 9.86. The number of nitrogens with one attached hydrogen (secondary N) is 1. The summed E-state index contributed by atoms with van der Waals surface area (Å²) in [5.41, 5.74) is 3.83. The number of likely N-dealkylation sites (tertiary alicyclic amines) is 1. The molecule has 0 saturated carbocycles. The number of benzene rings is 1. The Hall–Kier alpha value is -2.81. The third-order valence-electron chi connectivity index (χ3n) is 6.12. The lowest BCUT2D eigenvalue weighted by Crippen LogP contribution is -2.43. The van der Waals surface area contributed by atoms with Gasteiger partial charge in [0.1, 0.15) is 0 Å². The van der Waals surface area contributed by atoms with Crippen LogP contribution in [0.5, 0.6) is 0 Å². The van der Waals surface area contributed by atoms with E-state index in [0.717, 1.165) is 71.9 Å². The topological polar surface area (TPSA) is 76.2 Å². The van der Waals surface area contributed by atoms with Crippen molar-refractivity contribution in [3.63, 3.8) is 0 Å². The molecule has 0 spiro atoms. The maximum absolute atomic E-state index is 12.4. The van der Waals surface area contributed by atoms with Gasteiger partial charge in [-0.3, -0.25) is 4.79 Å². The van der Waals surface area contributed by atoms with Gasteiger partial charge in [-0.2, -0.15) is 0 Å². The van der Waals surface area contributed by atoms with E-state index in [4.69, 9.17) is 4.52 Å². The minimum absolute atomic E-state index is 0.0332. The van der Waals surface area contributed by atoms with Crippen molar-refractivity contribution in [1.29, 1.82) is 0 Å². The van der Waals surface area contributed by atoms with Gasteiger partial charge in [0, 0.05) is 31.7 Å². The highest BCUT2D eigenvalue weighted by atomic mass is 32.1. The summed E-state index contributed by atoms with van der Waals surface area (Å²) in [6.07, 6.45) is 3.60. The van der Waals surface area contributed by atoms with Crippen molar-refractivity contribution in [3.8, 4) is 10.6 Å². The van der Waals surface area contributed by atoms with Crippen LogP contribution >= 0.6 is 11.3 Å². The Morgan fingerprint density at radius 2 is 2.06 bits per heavy atom. The molecule has 8 heteroatoms. The first kappa shape index (κ1) is 21.1. The van der Waals surface area contributed by atoms with Gasteiger partial charge in [0.15, 0.2) is 5.76 Å². The Morgan fingerprint density at radius 3 is 2.88 bits per heavy atom. The minimum Gasteiger partial charge on any atom is -0.355 e. The molecule has 3 aromatic heterocycles. The Labute approximate surface area is 190 Å². The number of aryl methyl sites for hydroxylation is 1. The molecule has 5 rings (SSSR count). The number of piperidine rings is 1. The van der Waals surface area contributed by atoms with Crippen molar-refractivity contribution < 1.29 is 4.52 Å². The molecule has 0 amide bonds. The van der Waals surface area contributed by atoms with Crippen LogP contribution in [0, 0.1) is 6.92 Å². The van der Waals surface area contributed by atoms with Crippen molar-refractivity contribution in [2.45, 2.75) is 38.9 Å². The second-order valence-corrected chi connectivity index (χ2v) is 9.34. The molecule has 1 fully saturated rings. The normalized spacial score (nSPS) is 15.5. The first-order valence-electron chi connectivity index (χ1n) is 11.1. The van der Waals surface area contributed by atoms with Gasteiger partial charge in [0.2, 0.25) is 0 Å². The van der Waals surface area contributed by atoms with Crippen LogP contribution in [-0.2, 0) is 13.1 Å². The Balaban J connectivity index is 1.12. The molecule has 1 aliphatic heterocycles. The highest BCUT2D eigenvalue weighted by molar-refractivity contribution is 7.13. The molecule has 0 atom stereocenters. The smallest absolute Gasteiger partial charge is 0.269 e. The third kappa shape index (κ3) is 4.67. The minimum atomic E-state index is -0.0332. The SMILES string of the molecule is Cc1ccc2ncc(=O)n(CCN3CCC(NCc4cc(-c5cccs5)on4)CC3)c2c1. The molecular formula is C24H27N5O2S. The lowest BCUT2D eigenvalue weighted by atomic mass is 10.0. The molecule has 32 heavy (non-hydrogen) atoms. The molecule has 0 bridgehead atoms. The van der Waals surface area contributed by atoms with Crippen LogP contribution in [0.3, 0.4) is 0 Å². The molecule has 1 saturated heterocycles. The number of thiophene rings is 1. The predicted octanol–water partition coefficient (Wildman–Crippen LogP) is 3.68. The van der Waals surface area contributed by atoms with Crippen molar-refractivity contribution in [2.75, 3.05) is 19.6 Å². The third-order valence-corrected chi connectivity index (χ3v) is 7.01. The Morgan fingerprint density at radius 1 is 1.19 bits per heavy atom. The number of rotatable bonds is 7. The Kier molecular flexibility index (Phi) is 6.16. The standard InChI is InChI=1S/C24H27N5O2S/c1-17-4-5-20-21(13-17)29(24(30)16-26-20)11-10-28-8-6-18(7-9-28)25-15-19-14-22(31-27-19)23-3-2-12-32-23/h2-5,12-14,16,18,25H,6-11,15H2,1H3. The fourth-order valence-corrected chi connectivity index (χ4v) is 4.96. The van der Waals surface area contributed by atoms with Gasteiger partial charge in [-0.25, -0.2) is 4.98 Å². The monoisotopic (exact) mass is 449 g/mol. The van der Waals surface area contributed by atoms with Gasteiger partial charge in [0.25, 0.3) is 5.56 Å². The second kappa shape index (κ2) is 9.36. The van der Waals surface area contributed by atoms with Crippen LogP contribution in [0.1, 0.15) is 24.1 Å². The fraction of sp³-hybridized carbons (Fsp3) is 0.375.